The molecule has 10 atom stereocenters. The minimum absolute atomic E-state index is 0.667. The maximum Gasteiger partial charge on any atom is 0.187 e. The monoisotopic (exact) mass is 342 g/mol. The normalized spacial score (nSPS) is 51.7. The van der Waals surface area contributed by atoms with Gasteiger partial charge in [0.05, 0.1) is 13.2 Å². The lowest BCUT2D eigenvalue weighted by molar-refractivity contribution is -0.355. The third-order valence-corrected chi connectivity index (χ3v) is 3.98. The van der Waals surface area contributed by atoms with Crippen LogP contribution in [-0.2, 0) is 14.2 Å². The van der Waals surface area contributed by atoms with Crippen LogP contribution in [0.25, 0.3) is 0 Å². The van der Waals surface area contributed by atoms with Gasteiger partial charge in [0.2, 0.25) is 0 Å². The van der Waals surface area contributed by atoms with Gasteiger partial charge in [-0.05, 0) is 0 Å². The fourth-order valence-corrected chi connectivity index (χ4v) is 2.56. The van der Waals surface area contributed by atoms with Crippen LogP contribution in [0, 0.1) is 0 Å². The summed E-state index contributed by atoms with van der Waals surface area (Å²) in [5.74, 6) is 0. The average Bonchev–Trinajstić information content (AvgIpc) is 2.54. The molecule has 2 aliphatic rings. The van der Waals surface area contributed by atoms with Crippen molar-refractivity contribution >= 4 is 0 Å². The van der Waals surface area contributed by atoms with Gasteiger partial charge in [0.25, 0.3) is 0 Å². The van der Waals surface area contributed by atoms with Crippen LogP contribution in [0.4, 0.5) is 0 Å². The number of rotatable bonds is 4. The molecular formula is C12H22O11. The van der Waals surface area contributed by atoms with Gasteiger partial charge in [-0.25, -0.2) is 0 Å². The SMILES string of the molecule is OC[C@H]1O[C@@H](O[C@H]2[C@@H](O)[C@@H](CO)OC(O)[C@@H]2O)[C@H](O)[C@@H](O)[C@H]1O. The molecule has 2 saturated heterocycles. The molecule has 2 heterocycles. The van der Waals surface area contributed by atoms with Crippen LogP contribution in [0.15, 0.2) is 0 Å². The summed E-state index contributed by atoms with van der Waals surface area (Å²) in [4.78, 5) is 0. The van der Waals surface area contributed by atoms with Crippen molar-refractivity contribution in [2.45, 2.75) is 61.4 Å². The molecule has 1 unspecified atom stereocenters. The molecule has 2 fully saturated rings. The van der Waals surface area contributed by atoms with Crippen LogP contribution >= 0.6 is 0 Å². The largest absolute Gasteiger partial charge is 0.394 e. The second kappa shape index (κ2) is 7.63. The zero-order valence-electron chi connectivity index (χ0n) is 12.0. The molecule has 0 bridgehead atoms. The lowest BCUT2D eigenvalue weighted by Gasteiger charge is -2.45. The van der Waals surface area contributed by atoms with Crippen LogP contribution in [0.2, 0.25) is 0 Å². The standard InChI is InChI=1S/C12H22O11/c13-1-3-5(15)7(17)8(18)12(22-3)23-10-6(16)4(2-14)21-11(20)9(10)19/h3-20H,1-2H2/t3-,4-,5+,6+,7+,8-,9-,10+,11?,12+/m1/s1. The topological polar surface area (TPSA) is 190 Å². The van der Waals surface area contributed by atoms with E-state index in [1.807, 2.05) is 0 Å². The first-order chi connectivity index (χ1) is 10.8. The highest BCUT2D eigenvalue weighted by Crippen LogP contribution is 2.28. The predicted octanol–water partition coefficient (Wildman–Crippen LogP) is -5.40. The minimum atomic E-state index is -1.76. The van der Waals surface area contributed by atoms with E-state index < -0.39 is 74.6 Å². The quantitative estimate of drug-likeness (QED) is 0.243. The number of ether oxygens (including phenoxy) is 3. The van der Waals surface area contributed by atoms with Crippen molar-refractivity contribution in [3.05, 3.63) is 0 Å². The van der Waals surface area contributed by atoms with Gasteiger partial charge in [-0.1, -0.05) is 0 Å². The fraction of sp³-hybridized carbons (Fsp3) is 1.00. The third-order valence-electron chi connectivity index (χ3n) is 3.98. The molecule has 0 amide bonds. The molecular weight excluding hydrogens is 320 g/mol. The molecule has 11 nitrogen and oxygen atoms in total. The Kier molecular flexibility index (Phi) is 6.27. The molecule has 136 valence electrons. The molecule has 0 aromatic heterocycles. The van der Waals surface area contributed by atoms with E-state index >= 15 is 0 Å². The third kappa shape index (κ3) is 3.65. The zero-order chi connectivity index (χ0) is 17.3. The summed E-state index contributed by atoms with van der Waals surface area (Å²) in [5.41, 5.74) is 0. The highest BCUT2D eigenvalue weighted by molar-refractivity contribution is 4.93. The molecule has 2 aliphatic heterocycles. The van der Waals surface area contributed by atoms with Crippen molar-refractivity contribution in [1.82, 2.24) is 0 Å². The summed E-state index contributed by atoms with van der Waals surface area (Å²) in [6, 6.07) is 0. The molecule has 23 heavy (non-hydrogen) atoms. The van der Waals surface area contributed by atoms with Crippen LogP contribution in [0.3, 0.4) is 0 Å². The number of hydrogen-bond acceptors (Lipinski definition) is 11. The van der Waals surface area contributed by atoms with Crippen molar-refractivity contribution < 1.29 is 55.1 Å². The first-order valence-electron chi connectivity index (χ1n) is 7.08. The van der Waals surface area contributed by atoms with Gasteiger partial charge in [-0.2, -0.15) is 0 Å². The molecule has 0 radical (unpaired) electrons. The van der Waals surface area contributed by atoms with Crippen molar-refractivity contribution in [1.29, 1.82) is 0 Å². The summed E-state index contributed by atoms with van der Waals surface area (Å²) in [7, 11) is 0. The summed E-state index contributed by atoms with van der Waals surface area (Å²) >= 11 is 0. The van der Waals surface area contributed by atoms with Gasteiger partial charge in [0.15, 0.2) is 12.6 Å². The molecule has 0 aliphatic carbocycles. The van der Waals surface area contributed by atoms with Crippen LogP contribution in [0.5, 0.6) is 0 Å². The summed E-state index contributed by atoms with van der Waals surface area (Å²) in [6.07, 6.45) is -15.7. The summed E-state index contributed by atoms with van der Waals surface area (Å²) in [6.45, 7) is -1.34. The Bertz CT molecular complexity index is 380. The van der Waals surface area contributed by atoms with E-state index in [2.05, 4.69) is 0 Å². The highest BCUT2D eigenvalue weighted by Gasteiger charge is 2.50. The van der Waals surface area contributed by atoms with E-state index in [0.29, 0.717) is 0 Å². The Balaban J connectivity index is 2.11. The van der Waals surface area contributed by atoms with Crippen LogP contribution in [0.1, 0.15) is 0 Å². The molecule has 8 N–H and O–H groups in total. The Labute approximate surface area is 130 Å². The van der Waals surface area contributed by atoms with Crippen molar-refractivity contribution in [3.63, 3.8) is 0 Å². The maximum atomic E-state index is 10.00. The maximum absolute atomic E-state index is 10.00. The second-order valence-corrected chi connectivity index (χ2v) is 5.53. The van der Waals surface area contributed by atoms with Crippen LogP contribution in [-0.4, -0.2) is 115 Å². The highest BCUT2D eigenvalue weighted by atomic mass is 16.7. The number of hydrogen-bond donors (Lipinski definition) is 8. The minimum Gasteiger partial charge on any atom is -0.394 e. The van der Waals surface area contributed by atoms with E-state index in [1.54, 1.807) is 0 Å². The summed E-state index contributed by atoms with van der Waals surface area (Å²) in [5, 5.41) is 76.8. The molecule has 2 rings (SSSR count). The number of aliphatic hydroxyl groups excluding tert-OH is 8. The van der Waals surface area contributed by atoms with Gasteiger partial charge in [0, 0.05) is 0 Å². The first-order valence-corrected chi connectivity index (χ1v) is 7.08. The smallest absolute Gasteiger partial charge is 0.187 e. The molecule has 11 heteroatoms. The molecule has 0 spiro atoms. The van der Waals surface area contributed by atoms with Crippen LogP contribution < -0.4 is 0 Å². The summed E-state index contributed by atoms with van der Waals surface area (Å²) < 4.78 is 15.1. The van der Waals surface area contributed by atoms with E-state index in [9.17, 15) is 30.6 Å². The van der Waals surface area contributed by atoms with Gasteiger partial charge in [0.1, 0.15) is 48.8 Å². The number of aliphatic hydroxyl groups is 8. The Hall–Kier alpha value is -0.440. The second-order valence-electron chi connectivity index (χ2n) is 5.53. The van der Waals surface area contributed by atoms with Crippen molar-refractivity contribution in [2.24, 2.45) is 0 Å². The van der Waals surface area contributed by atoms with E-state index in [0.717, 1.165) is 0 Å². The first kappa shape index (κ1) is 18.9. The lowest BCUT2D eigenvalue weighted by Crippen LogP contribution is -2.64. The van der Waals surface area contributed by atoms with Gasteiger partial charge < -0.3 is 55.1 Å². The van der Waals surface area contributed by atoms with Crippen molar-refractivity contribution in [3.8, 4) is 0 Å². The molecule has 0 aromatic rings. The van der Waals surface area contributed by atoms with E-state index in [1.165, 1.54) is 0 Å². The van der Waals surface area contributed by atoms with Crippen molar-refractivity contribution in [2.75, 3.05) is 13.2 Å². The van der Waals surface area contributed by atoms with Gasteiger partial charge in [-0.15, -0.1) is 0 Å². The lowest BCUT2D eigenvalue weighted by atomic mass is 9.97. The Morgan fingerprint density at radius 3 is 1.78 bits per heavy atom. The predicted molar refractivity (Wildman–Crippen MR) is 68.6 cm³/mol. The Morgan fingerprint density at radius 1 is 0.652 bits per heavy atom. The van der Waals surface area contributed by atoms with E-state index in [4.69, 9.17) is 24.4 Å². The zero-order valence-corrected chi connectivity index (χ0v) is 12.0. The molecule has 0 aromatic carbocycles. The van der Waals surface area contributed by atoms with Gasteiger partial charge >= 0.3 is 0 Å². The van der Waals surface area contributed by atoms with E-state index in [-0.39, 0.29) is 0 Å². The Morgan fingerprint density at radius 2 is 1.22 bits per heavy atom. The molecule has 0 saturated carbocycles. The fourth-order valence-electron chi connectivity index (χ4n) is 2.56. The average molecular weight is 342 g/mol. The van der Waals surface area contributed by atoms with Gasteiger partial charge in [-0.3, -0.25) is 0 Å².